The fraction of sp³-hybridized carbons (Fsp3) is 0.462. The van der Waals surface area contributed by atoms with E-state index in [0.717, 1.165) is 21.3 Å². The van der Waals surface area contributed by atoms with E-state index in [0.29, 0.717) is 5.82 Å². The van der Waals surface area contributed by atoms with Gasteiger partial charge in [-0.15, -0.1) is 11.3 Å². The van der Waals surface area contributed by atoms with Crippen molar-refractivity contribution in [1.29, 1.82) is 0 Å². The minimum absolute atomic E-state index is 0.117. The lowest BCUT2D eigenvalue weighted by Crippen LogP contribution is -2.31. The monoisotopic (exact) mass is 293 g/mol. The molecule has 2 rings (SSSR count). The van der Waals surface area contributed by atoms with Crippen molar-refractivity contribution in [2.45, 2.75) is 40.3 Å². The van der Waals surface area contributed by atoms with Gasteiger partial charge in [0.05, 0.1) is 22.4 Å². The summed E-state index contributed by atoms with van der Waals surface area (Å²) in [7, 11) is 0. The van der Waals surface area contributed by atoms with Gasteiger partial charge in [0.25, 0.3) is 0 Å². The van der Waals surface area contributed by atoms with E-state index in [-0.39, 0.29) is 18.5 Å². The van der Waals surface area contributed by atoms with Crippen LogP contribution in [0.2, 0.25) is 0 Å². The summed E-state index contributed by atoms with van der Waals surface area (Å²) >= 11 is 1.63. The van der Waals surface area contributed by atoms with E-state index >= 15 is 0 Å². The summed E-state index contributed by atoms with van der Waals surface area (Å²) in [5.74, 6) is 0.364. The average Bonchev–Trinajstić information content (AvgIpc) is 2.81. The molecule has 0 saturated heterocycles. The number of rotatable bonds is 4. The topological polar surface area (TPSA) is 85.8 Å². The highest BCUT2D eigenvalue weighted by atomic mass is 32.1. The third-order valence-electron chi connectivity index (χ3n) is 2.95. The number of aryl methyl sites for hydroxylation is 3. The van der Waals surface area contributed by atoms with Crippen LogP contribution in [0.5, 0.6) is 0 Å². The van der Waals surface area contributed by atoms with Crippen LogP contribution in [0.4, 0.5) is 5.82 Å². The summed E-state index contributed by atoms with van der Waals surface area (Å²) in [6.07, 6.45) is 0. The van der Waals surface area contributed by atoms with Crippen LogP contribution in [-0.4, -0.2) is 20.7 Å². The molecule has 2 aromatic rings. The van der Waals surface area contributed by atoms with Gasteiger partial charge in [-0.3, -0.25) is 4.79 Å². The number of hydrogen-bond acceptors (Lipinski definition) is 5. The van der Waals surface area contributed by atoms with Crippen LogP contribution in [0, 0.1) is 20.8 Å². The van der Waals surface area contributed by atoms with Crippen molar-refractivity contribution in [3.05, 3.63) is 27.3 Å². The van der Waals surface area contributed by atoms with E-state index in [1.807, 2.05) is 27.7 Å². The lowest BCUT2D eigenvalue weighted by atomic mass is 10.2. The summed E-state index contributed by atoms with van der Waals surface area (Å²) in [4.78, 5) is 17.6. The number of anilines is 1. The Kier molecular flexibility index (Phi) is 4.08. The van der Waals surface area contributed by atoms with Gasteiger partial charge in [-0.1, -0.05) is 0 Å². The van der Waals surface area contributed by atoms with Crippen molar-refractivity contribution in [3.8, 4) is 0 Å². The number of thiazole rings is 1. The van der Waals surface area contributed by atoms with Crippen LogP contribution in [0.15, 0.2) is 6.07 Å². The Morgan fingerprint density at radius 3 is 2.70 bits per heavy atom. The Balaban J connectivity index is 2.01. The largest absolute Gasteiger partial charge is 0.384 e. The predicted octanol–water partition coefficient (Wildman–Crippen LogP) is 1.72. The molecule has 108 valence electrons. The molecule has 0 saturated carbocycles. The second-order valence-corrected chi connectivity index (χ2v) is 6.24. The molecule has 0 aliphatic rings. The minimum Gasteiger partial charge on any atom is -0.384 e. The first kappa shape index (κ1) is 14.5. The molecule has 2 aromatic heterocycles. The SMILES string of the molecule is Cc1cc(N)n(CC(=O)N[C@@H](C)c2nc(C)sc2C)n1. The zero-order chi connectivity index (χ0) is 14.9. The minimum atomic E-state index is -0.127. The van der Waals surface area contributed by atoms with E-state index < -0.39 is 0 Å². The maximum absolute atomic E-state index is 12.0. The number of hydrogen-bond donors (Lipinski definition) is 2. The Labute approximate surface area is 122 Å². The highest BCUT2D eigenvalue weighted by Crippen LogP contribution is 2.22. The van der Waals surface area contributed by atoms with Gasteiger partial charge in [-0.25, -0.2) is 9.67 Å². The molecule has 3 N–H and O–H groups in total. The van der Waals surface area contributed by atoms with Gasteiger partial charge >= 0.3 is 0 Å². The molecule has 7 heteroatoms. The van der Waals surface area contributed by atoms with Crippen LogP contribution in [0.1, 0.15) is 34.2 Å². The van der Waals surface area contributed by atoms with E-state index in [1.165, 1.54) is 4.68 Å². The standard InChI is InChI=1S/C13H19N5OS/c1-7-5-11(14)18(17-7)6-12(19)15-8(2)13-9(3)20-10(4)16-13/h5,8H,6,14H2,1-4H3,(H,15,19)/t8-/m0/s1. The number of nitrogen functional groups attached to an aromatic ring is 1. The molecular formula is C13H19N5OS. The van der Waals surface area contributed by atoms with E-state index in [2.05, 4.69) is 15.4 Å². The highest BCUT2D eigenvalue weighted by molar-refractivity contribution is 7.11. The molecule has 0 aromatic carbocycles. The molecule has 0 fully saturated rings. The van der Waals surface area contributed by atoms with Crippen LogP contribution in [-0.2, 0) is 11.3 Å². The van der Waals surface area contributed by atoms with Crippen molar-refractivity contribution in [2.75, 3.05) is 5.73 Å². The second-order valence-electron chi connectivity index (χ2n) is 4.83. The quantitative estimate of drug-likeness (QED) is 0.899. The van der Waals surface area contributed by atoms with Crippen molar-refractivity contribution < 1.29 is 4.79 Å². The van der Waals surface area contributed by atoms with Crippen molar-refractivity contribution in [3.63, 3.8) is 0 Å². The number of aromatic nitrogens is 3. The summed E-state index contributed by atoms with van der Waals surface area (Å²) in [6, 6.07) is 1.62. The van der Waals surface area contributed by atoms with Gasteiger partial charge in [0.1, 0.15) is 12.4 Å². The van der Waals surface area contributed by atoms with Gasteiger partial charge in [-0.05, 0) is 27.7 Å². The molecule has 1 amide bonds. The van der Waals surface area contributed by atoms with E-state index in [4.69, 9.17) is 5.73 Å². The molecule has 20 heavy (non-hydrogen) atoms. The number of carbonyl (C=O) groups is 1. The molecule has 0 unspecified atom stereocenters. The first-order chi connectivity index (χ1) is 9.36. The highest BCUT2D eigenvalue weighted by Gasteiger charge is 2.16. The number of amides is 1. The number of nitrogens with two attached hydrogens (primary N) is 1. The zero-order valence-electron chi connectivity index (χ0n) is 12.1. The second kappa shape index (κ2) is 5.62. The number of nitrogens with zero attached hydrogens (tertiary/aromatic N) is 3. The first-order valence-corrected chi connectivity index (χ1v) is 7.21. The molecular weight excluding hydrogens is 274 g/mol. The van der Waals surface area contributed by atoms with Gasteiger partial charge < -0.3 is 11.1 Å². The maximum Gasteiger partial charge on any atom is 0.242 e. The van der Waals surface area contributed by atoms with Gasteiger partial charge in [0, 0.05) is 10.9 Å². The van der Waals surface area contributed by atoms with Crippen LogP contribution >= 0.6 is 11.3 Å². The lowest BCUT2D eigenvalue weighted by molar-refractivity contribution is -0.122. The van der Waals surface area contributed by atoms with E-state index in [1.54, 1.807) is 17.4 Å². The number of nitrogens with one attached hydrogen (secondary N) is 1. The zero-order valence-corrected chi connectivity index (χ0v) is 12.9. The molecule has 0 aliphatic carbocycles. The average molecular weight is 293 g/mol. The molecule has 1 atom stereocenters. The van der Waals surface area contributed by atoms with E-state index in [9.17, 15) is 4.79 Å². The van der Waals surface area contributed by atoms with Gasteiger partial charge in [0.15, 0.2) is 0 Å². The Hall–Kier alpha value is -1.89. The molecule has 6 nitrogen and oxygen atoms in total. The third-order valence-corrected chi connectivity index (χ3v) is 3.86. The van der Waals surface area contributed by atoms with Gasteiger partial charge in [-0.2, -0.15) is 5.10 Å². The Morgan fingerprint density at radius 2 is 2.20 bits per heavy atom. The van der Waals surface area contributed by atoms with Crippen molar-refractivity contribution in [1.82, 2.24) is 20.1 Å². The predicted molar refractivity (Wildman–Crippen MR) is 79.5 cm³/mol. The lowest BCUT2D eigenvalue weighted by Gasteiger charge is -2.13. The van der Waals surface area contributed by atoms with Gasteiger partial charge in [0.2, 0.25) is 5.91 Å². The summed E-state index contributed by atoms with van der Waals surface area (Å²) in [5.41, 5.74) is 7.49. The molecule has 0 bridgehead atoms. The maximum atomic E-state index is 12.0. The first-order valence-electron chi connectivity index (χ1n) is 6.40. The Morgan fingerprint density at radius 1 is 1.50 bits per heavy atom. The van der Waals surface area contributed by atoms with Crippen LogP contribution < -0.4 is 11.1 Å². The molecule has 2 heterocycles. The summed E-state index contributed by atoms with van der Waals surface area (Å²) in [5, 5.41) is 8.10. The molecule has 0 radical (unpaired) electrons. The van der Waals surface area contributed by atoms with Crippen molar-refractivity contribution in [2.24, 2.45) is 0 Å². The fourth-order valence-corrected chi connectivity index (χ4v) is 3.04. The summed E-state index contributed by atoms with van der Waals surface area (Å²) < 4.78 is 1.50. The summed E-state index contributed by atoms with van der Waals surface area (Å²) in [6.45, 7) is 7.86. The Bertz CT molecular complexity index is 631. The normalized spacial score (nSPS) is 12.4. The molecule has 0 spiro atoms. The number of carbonyl (C=O) groups excluding carboxylic acids is 1. The molecule has 0 aliphatic heterocycles. The third kappa shape index (κ3) is 3.16. The van der Waals surface area contributed by atoms with Crippen LogP contribution in [0.25, 0.3) is 0 Å². The van der Waals surface area contributed by atoms with Crippen molar-refractivity contribution >= 4 is 23.1 Å². The smallest absolute Gasteiger partial charge is 0.242 e. The van der Waals surface area contributed by atoms with Crippen LogP contribution in [0.3, 0.4) is 0 Å². The fourth-order valence-electron chi connectivity index (χ4n) is 2.13.